The zero-order valence-electron chi connectivity index (χ0n) is 76.4. The lowest BCUT2D eigenvalue weighted by Crippen LogP contribution is -2.41. The second-order valence-corrected chi connectivity index (χ2v) is 32.4. The lowest BCUT2D eigenvalue weighted by Gasteiger charge is -2.22. The van der Waals surface area contributed by atoms with Gasteiger partial charge in [-0.25, -0.2) is 0 Å². The van der Waals surface area contributed by atoms with Crippen LogP contribution in [0.2, 0.25) is 0 Å². The topological polar surface area (TPSA) is 456 Å². The van der Waals surface area contributed by atoms with E-state index in [4.69, 9.17) is 0 Å². The Morgan fingerprint density at radius 2 is 0.708 bits per heavy atom. The number of ether oxygens (including phenoxy) is 1. The van der Waals surface area contributed by atoms with Gasteiger partial charge in [0.05, 0.1) is 12.6 Å². The lowest BCUT2D eigenvalue weighted by molar-refractivity contribution is -0.145. The van der Waals surface area contributed by atoms with Crippen molar-refractivity contribution in [2.75, 3.05) is 32.8 Å². The van der Waals surface area contributed by atoms with Crippen molar-refractivity contribution in [3.8, 4) is 0 Å². The Morgan fingerprint density at radius 1 is 0.375 bits per heavy atom. The third-order valence-electron chi connectivity index (χ3n) is 16.1. The highest BCUT2D eigenvalue weighted by atomic mass is 16.5. The van der Waals surface area contributed by atoms with E-state index in [-0.39, 0.29) is 130 Å². The molecule has 0 radical (unpaired) electrons. The Balaban J connectivity index is -0.000000415. The summed E-state index contributed by atoms with van der Waals surface area (Å²) in [5, 5.41) is 20.7. The van der Waals surface area contributed by atoms with Crippen molar-refractivity contribution >= 4 is 111 Å². The van der Waals surface area contributed by atoms with E-state index in [0.717, 1.165) is 55.2 Å². The number of carbonyl (C=O) groups excluding carboxylic acids is 19. The zero-order chi connectivity index (χ0) is 93.7. The summed E-state index contributed by atoms with van der Waals surface area (Å²) >= 11 is 0. The predicted octanol–water partition coefficient (Wildman–Crippen LogP) is 10.1. The Morgan fingerprint density at radius 3 is 1.06 bits per heavy atom. The molecule has 9 amide bonds. The minimum Gasteiger partial charge on any atom is -0.465 e. The van der Waals surface area contributed by atoms with Crippen LogP contribution in [0.1, 0.15) is 254 Å². The van der Waals surface area contributed by atoms with Gasteiger partial charge in [0.2, 0.25) is 52.0 Å². The number of amides is 9. The molecule has 0 unspecified atom stereocenters. The minimum atomic E-state index is -0.847. The Bertz CT molecular complexity index is 3650. The van der Waals surface area contributed by atoms with Gasteiger partial charge < -0.3 is 53.0 Å². The van der Waals surface area contributed by atoms with Crippen molar-refractivity contribution in [3.05, 3.63) is 108 Å². The molecule has 1 aliphatic carbocycles. The molecular formula is C91H145N9O20. The number of nitrogens with two attached hydrogens (primary N) is 1. The van der Waals surface area contributed by atoms with Gasteiger partial charge in [-0.05, 0) is 75.5 Å². The smallest absolute Gasteiger partial charge is 0.325 e. The standard InChI is InChI=1S/2C13H17NO2.C12H15NO2.C11H19NO2.2C10H19NO2.C9H15NO4.C8H15NO2.C5H9NO2/c1-9(2)12(15)13(16)14-10(3)11-7-5-4-6-8-11;1-10(2)12(15)13(16)14-9-8-11-6-4-3-5-7-11;1-9(2)11(14)12(15)13-8-10-6-4-3-5-7-10;1-8(2)10(13)11(14)12-9-6-4-3-5-7-9;1-7(2)8(12)9(13)11-6-10(3,4)5;1-4-5-6-7-11-10(13)9(12)8(2)3;1-4-14-7(11)5-10-9(13)8(12)6(2)3;1-5(2)7(10)8(11)9-6(3)4;1-3(2)4(7)5(6)8/h4-10H,1-3H3,(H,14,16);3-7,10H,8-9H2,1-2H3,(H,14,16);3-7,9H,8H2,1-2H3,(H,13,15);8-9H,3-7H2,1-2H3,(H,12,14);7H,6H2,1-5H3,(H,11,13);8H,4-7H2,1-3H3,(H,11,13);6H,4-5H2,1-3H3,(H,10,13);5-6H,1-4H3,(H,9,11);3H,1-2H3,(H2,6,8)/t10-;;;;;;;;/m0......../s1. The molecule has 29 heteroatoms. The summed E-state index contributed by atoms with van der Waals surface area (Å²) in [6.45, 7) is 48.0. The number of Topliss-reactive ketones (excluding diaryl/α,β-unsaturated/α-hetero) is 9. The number of nitrogens with one attached hydrogen (secondary N) is 8. The number of unbranched alkanes of at least 4 members (excludes halogenated alkanes) is 2. The fourth-order valence-corrected chi connectivity index (χ4v) is 8.78. The van der Waals surface area contributed by atoms with Crippen LogP contribution < -0.4 is 48.3 Å². The summed E-state index contributed by atoms with van der Waals surface area (Å²) in [5.41, 5.74) is 7.80. The van der Waals surface area contributed by atoms with Gasteiger partial charge in [0.1, 0.15) is 6.54 Å². The minimum absolute atomic E-state index is 0.0208. The maximum absolute atomic E-state index is 11.5. The molecule has 1 aliphatic rings. The van der Waals surface area contributed by atoms with E-state index < -0.39 is 70.7 Å². The van der Waals surface area contributed by atoms with E-state index in [1.54, 1.807) is 132 Å². The molecule has 120 heavy (non-hydrogen) atoms. The molecule has 3 aromatic rings. The number of carbonyl (C=O) groups is 19. The van der Waals surface area contributed by atoms with E-state index >= 15 is 0 Å². The Hall–Kier alpha value is -10.6. The van der Waals surface area contributed by atoms with Crippen molar-refractivity contribution in [1.29, 1.82) is 0 Å². The first kappa shape index (κ1) is 118. The second kappa shape index (κ2) is 67.2. The normalized spacial score (nSPS) is 11.4. The van der Waals surface area contributed by atoms with Crippen molar-refractivity contribution in [2.24, 2.45) is 64.4 Å². The number of esters is 1. The fraction of sp³-hybridized carbons (Fsp3) is 0.593. The highest BCUT2D eigenvalue weighted by Crippen LogP contribution is 2.18. The number of hydrogen-bond donors (Lipinski definition) is 9. The third kappa shape index (κ3) is 61.7. The molecule has 0 bridgehead atoms. The summed E-state index contributed by atoms with van der Waals surface area (Å²) < 4.78 is 4.57. The van der Waals surface area contributed by atoms with Crippen molar-refractivity contribution in [3.63, 3.8) is 0 Å². The van der Waals surface area contributed by atoms with Crippen LogP contribution in [-0.4, -0.2) is 156 Å². The van der Waals surface area contributed by atoms with Crippen molar-refractivity contribution in [2.45, 2.75) is 262 Å². The molecule has 1 fully saturated rings. The van der Waals surface area contributed by atoms with Crippen LogP contribution in [-0.2, 0) is 109 Å². The van der Waals surface area contributed by atoms with Crippen LogP contribution in [0.3, 0.4) is 0 Å². The largest absolute Gasteiger partial charge is 0.465 e. The Labute approximate surface area is 713 Å². The van der Waals surface area contributed by atoms with Gasteiger partial charge >= 0.3 is 5.97 Å². The number of hydrogen-bond acceptors (Lipinski definition) is 20. The fourth-order valence-electron chi connectivity index (χ4n) is 8.78. The summed E-state index contributed by atoms with van der Waals surface area (Å²) in [6, 6.07) is 29.0. The van der Waals surface area contributed by atoms with Gasteiger partial charge in [0.15, 0.2) is 0 Å². The molecule has 0 aliphatic heterocycles. The molecule has 10 N–H and O–H groups in total. The predicted molar refractivity (Wildman–Crippen MR) is 465 cm³/mol. The molecule has 674 valence electrons. The maximum atomic E-state index is 11.5. The molecule has 1 atom stereocenters. The molecule has 0 spiro atoms. The first-order valence-corrected chi connectivity index (χ1v) is 41.4. The quantitative estimate of drug-likeness (QED) is 0.0150. The highest BCUT2D eigenvalue weighted by molar-refractivity contribution is 6.40. The van der Waals surface area contributed by atoms with E-state index in [0.29, 0.717) is 26.2 Å². The van der Waals surface area contributed by atoms with Gasteiger partial charge in [-0.15, -0.1) is 0 Å². The van der Waals surface area contributed by atoms with E-state index in [9.17, 15) is 91.1 Å². The summed E-state index contributed by atoms with van der Waals surface area (Å²) in [5.74, 6) is -11.1. The number of benzene rings is 3. The van der Waals surface area contributed by atoms with Gasteiger partial charge in [-0.1, -0.05) is 275 Å². The average molecular weight is 1690 g/mol. The second-order valence-electron chi connectivity index (χ2n) is 32.4. The number of ketones is 9. The monoisotopic (exact) mass is 1680 g/mol. The zero-order valence-corrected chi connectivity index (χ0v) is 76.4. The molecule has 0 aromatic heterocycles. The van der Waals surface area contributed by atoms with Gasteiger partial charge in [-0.2, -0.15) is 0 Å². The summed E-state index contributed by atoms with van der Waals surface area (Å²) in [7, 11) is 0. The van der Waals surface area contributed by atoms with Crippen LogP contribution in [0.4, 0.5) is 0 Å². The molecule has 0 heterocycles. The summed E-state index contributed by atoms with van der Waals surface area (Å²) in [6.07, 6.45) is 9.55. The summed E-state index contributed by atoms with van der Waals surface area (Å²) in [4.78, 5) is 210. The molecule has 3 aromatic carbocycles. The maximum Gasteiger partial charge on any atom is 0.325 e. The van der Waals surface area contributed by atoms with E-state index in [1.165, 1.54) is 19.3 Å². The highest BCUT2D eigenvalue weighted by Gasteiger charge is 2.26. The SMILES string of the molecule is CC(C)C(=O)C(=O)NC1CCCCC1.CC(C)C(=O)C(=O)NCC(C)(C)C.CC(C)C(=O)C(=O)NCCc1ccccc1.CC(C)C(=O)C(=O)NCc1ccccc1.CC(C)C(=O)C(=O)N[C@@H](C)c1ccccc1.CC(C)C(=O)C(N)=O.CC(C)NC(=O)C(=O)C(C)C.CCCCCNC(=O)C(=O)C(C)C.CCOC(=O)CNC(=O)C(=O)C(C)C. The third-order valence-corrected chi connectivity index (χ3v) is 16.1. The molecular weight excluding hydrogens is 1540 g/mol. The van der Waals surface area contributed by atoms with Crippen LogP contribution >= 0.6 is 0 Å². The van der Waals surface area contributed by atoms with Crippen LogP contribution in [0.15, 0.2) is 91.0 Å². The lowest BCUT2D eigenvalue weighted by atomic mass is 9.95. The Kier molecular flexibility index (Phi) is 66.0. The number of rotatable bonds is 35. The average Bonchev–Trinajstić information content (AvgIpc) is 0.880. The molecule has 29 nitrogen and oxygen atoms in total. The number of primary amides is 1. The van der Waals surface area contributed by atoms with Gasteiger partial charge in [0, 0.05) is 91.5 Å². The van der Waals surface area contributed by atoms with E-state index in [2.05, 4.69) is 59.9 Å². The van der Waals surface area contributed by atoms with Crippen LogP contribution in [0, 0.1) is 58.7 Å². The van der Waals surface area contributed by atoms with Crippen LogP contribution in [0.5, 0.6) is 0 Å². The first-order chi connectivity index (χ1) is 55.7. The molecule has 1 saturated carbocycles. The van der Waals surface area contributed by atoms with Gasteiger partial charge in [-0.3, -0.25) is 91.1 Å². The van der Waals surface area contributed by atoms with Gasteiger partial charge in [0.25, 0.3) is 53.2 Å². The molecule has 4 rings (SSSR count). The van der Waals surface area contributed by atoms with Crippen molar-refractivity contribution in [1.82, 2.24) is 42.5 Å². The van der Waals surface area contributed by atoms with Crippen LogP contribution in [0.25, 0.3) is 0 Å². The van der Waals surface area contributed by atoms with E-state index in [1.807, 2.05) is 133 Å². The van der Waals surface area contributed by atoms with Crippen molar-refractivity contribution < 1.29 is 95.8 Å². The molecule has 0 saturated heterocycles. The first-order valence-electron chi connectivity index (χ1n) is 41.4.